The van der Waals surface area contributed by atoms with Gasteiger partial charge in [-0.1, -0.05) is 0 Å². The van der Waals surface area contributed by atoms with Crippen LogP contribution in [0.15, 0.2) is 11.1 Å². The Hall–Kier alpha value is -0.150. The first kappa shape index (κ1) is 9.41. The number of hydrogen-bond acceptors (Lipinski definition) is 3. The molecule has 0 saturated carbocycles. The molecule has 0 aromatic carbocycles. The van der Waals surface area contributed by atoms with Crippen LogP contribution in [0.3, 0.4) is 0 Å². The lowest BCUT2D eigenvalue weighted by atomic mass is 9.96. The number of hydrogen-bond donors (Lipinski definition) is 1. The molecule has 0 amide bonds. The topological polar surface area (TPSA) is 15.3 Å². The fourth-order valence-electron chi connectivity index (χ4n) is 2.04. The normalized spacial score (nSPS) is 34.9. The zero-order valence-corrected chi connectivity index (χ0v) is 9.23. The highest BCUT2D eigenvalue weighted by molar-refractivity contribution is 8.02. The van der Waals surface area contributed by atoms with E-state index < -0.39 is 0 Å². The molecule has 1 fully saturated rings. The largest absolute Gasteiger partial charge is 0.365 e. The molecular weight excluding hydrogens is 180 g/mol. The van der Waals surface area contributed by atoms with Crippen molar-refractivity contribution in [3.63, 3.8) is 0 Å². The second kappa shape index (κ2) is 3.93. The molecule has 74 valence electrons. The SMILES string of the molecule is CC1SC=C(C2CCCNC2)N1C. The van der Waals surface area contributed by atoms with E-state index in [1.165, 1.54) is 25.9 Å². The molecule has 2 rings (SSSR count). The first-order chi connectivity index (χ1) is 6.29. The summed E-state index contributed by atoms with van der Waals surface area (Å²) >= 11 is 1.94. The minimum absolute atomic E-state index is 0.636. The standard InChI is InChI=1S/C10H18N2S/c1-8-12(2)10(7-13-8)9-4-3-5-11-6-9/h7-9,11H,3-6H2,1-2H3. The van der Waals surface area contributed by atoms with Crippen LogP contribution < -0.4 is 5.32 Å². The molecule has 2 atom stereocenters. The lowest BCUT2D eigenvalue weighted by Crippen LogP contribution is -2.35. The van der Waals surface area contributed by atoms with E-state index in [0.717, 1.165) is 5.92 Å². The summed E-state index contributed by atoms with van der Waals surface area (Å²) < 4.78 is 0. The van der Waals surface area contributed by atoms with Gasteiger partial charge in [0.05, 0.1) is 5.37 Å². The van der Waals surface area contributed by atoms with Crippen molar-refractivity contribution in [3.8, 4) is 0 Å². The van der Waals surface area contributed by atoms with Crippen molar-refractivity contribution in [2.24, 2.45) is 5.92 Å². The summed E-state index contributed by atoms with van der Waals surface area (Å²) in [5, 5.41) is 6.46. The molecule has 1 N–H and O–H groups in total. The molecule has 2 aliphatic heterocycles. The summed E-state index contributed by atoms with van der Waals surface area (Å²) in [5.41, 5.74) is 1.55. The van der Waals surface area contributed by atoms with Gasteiger partial charge in [0.1, 0.15) is 0 Å². The van der Waals surface area contributed by atoms with E-state index in [9.17, 15) is 0 Å². The zero-order chi connectivity index (χ0) is 9.26. The van der Waals surface area contributed by atoms with Crippen molar-refractivity contribution < 1.29 is 0 Å². The maximum absolute atomic E-state index is 3.47. The fourth-order valence-corrected chi connectivity index (χ4v) is 3.04. The van der Waals surface area contributed by atoms with E-state index in [-0.39, 0.29) is 0 Å². The molecule has 0 aliphatic carbocycles. The van der Waals surface area contributed by atoms with Crippen LogP contribution in [0, 0.1) is 5.92 Å². The second-order valence-corrected chi connectivity index (χ2v) is 5.12. The Balaban J connectivity index is 1.99. The zero-order valence-electron chi connectivity index (χ0n) is 8.42. The van der Waals surface area contributed by atoms with Crippen molar-refractivity contribution in [1.82, 2.24) is 10.2 Å². The molecule has 0 spiro atoms. The third-order valence-electron chi connectivity index (χ3n) is 3.05. The first-order valence-corrected chi connectivity index (χ1v) is 6.02. The summed E-state index contributed by atoms with van der Waals surface area (Å²) in [6, 6.07) is 0. The predicted octanol–water partition coefficient (Wildman–Crippen LogP) is 1.85. The highest BCUT2D eigenvalue weighted by Gasteiger charge is 2.26. The lowest BCUT2D eigenvalue weighted by molar-refractivity contribution is 0.316. The van der Waals surface area contributed by atoms with Crippen molar-refractivity contribution in [1.29, 1.82) is 0 Å². The third-order valence-corrected chi connectivity index (χ3v) is 4.14. The average molecular weight is 198 g/mol. The van der Waals surface area contributed by atoms with Crippen LogP contribution >= 0.6 is 11.8 Å². The van der Waals surface area contributed by atoms with Gasteiger partial charge in [-0.05, 0) is 31.7 Å². The van der Waals surface area contributed by atoms with Crippen LogP contribution in [-0.2, 0) is 0 Å². The fraction of sp³-hybridized carbons (Fsp3) is 0.800. The van der Waals surface area contributed by atoms with E-state index in [1.54, 1.807) is 5.70 Å². The predicted molar refractivity (Wildman–Crippen MR) is 58.5 cm³/mol. The molecular formula is C10H18N2S. The van der Waals surface area contributed by atoms with Gasteiger partial charge in [0.25, 0.3) is 0 Å². The van der Waals surface area contributed by atoms with E-state index in [4.69, 9.17) is 0 Å². The Labute approximate surface area is 84.8 Å². The number of thioether (sulfide) groups is 1. The average Bonchev–Trinajstić information content (AvgIpc) is 2.49. The third kappa shape index (κ3) is 1.86. The van der Waals surface area contributed by atoms with Crippen LogP contribution in [0.5, 0.6) is 0 Å². The van der Waals surface area contributed by atoms with Crippen LogP contribution in [0.4, 0.5) is 0 Å². The summed E-state index contributed by atoms with van der Waals surface area (Å²) in [4.78, 5) is 2.42. The Bertz CT molecular complexity index is 209. The molecule has 0 aromatic heterocycles. The summed E-state index contributed by atoms with van der Waals surface area (Å²) in [5.74, 6) is 0.760. The Morgan fingerprint density at radius 1 is 1.62 bits per heavy atom. The number of piperidine rings is 1. The summed E-state index contributed by atoms with van der Waals surface area (Å²) in [6.45, 7) is 4.64. The maximum Gasteiger partial charge on any atom is 0.0757 e. The Morgan fingerprint density at radius 3 is 3.00 bits per heavy atom. The maximum atomic E-state index is 3.47. The van der Waals surface area contributed by atoms with Gasteiger partial charge in [-0.2, -0.15) is 0 Å². The van der Waals surface area contributed by atoms with Crippen LogP contribution in [0.25, 0.3) is 0 Å². The van der Waals surface area contributed by atoms with Crippen molar-refractivity contribution in [3.05, 3.63) is 11.1 Å². The molecule has 2 heterocycles. The van der Waals surface area contributed by atoms with Gasteiger partial charge in [0, 0.05) is 25.2 Å². The minimum atomic E-state index is 0.636. The quantitative estimate of drug-likeness (QED) is 0.692. The molecule has 2 unspecified atom stereocenters. The van der Waals surface area contributed by atoms with Gasteiger partial charge in [0.2, 0.25) is 0 Å². The van der Waals surface area contributed by atoms with Crippen LogP contribution in [-0.4, -0.2) is 30.4 Å². The van der Waals surface area contributed by atoms with Crippen molar-refractivity contribution in [2.45, 2.75) is 25.1 Å². The Morgan fingerprint density at radius 2 is 2.46 bits per heavy atom. The summed E-state index contributed by atoms with van der Waals surface area (Å²) in [6.07, 6.45) is 2.69. The molecule has 2 nitrogen and oxygen atoms in total. The van der Waals surface area contributed by atoms with Gasteiger partial charge in [0.15, 0.2) is 0 Å². The molecule has 3 heteroatoms. The molecule has 2 aliphatic rings. The van der Waals surface area contributed by atoms with Gasteiger partial charge < -0.3 is 10.2 Å². The van der Waals surface area contributed by atoms with Gasteiger partial charge in [-0.3, -0.25) is 0 Å². The van der Waals surface area contributed by atoms with E-state index in [0.29, 0.717) is 5.37 Å². The first-order valence-electron chi connectivity index (χ1n) is 5.08. The molecule has 0 aromatic rings. The molecule has 0 radical (unpaired) electrons. The van der Waals surface area contributed by atoms with Crippen molar-refractivity contribution in [2.75, 3.05) is 20.1 Å². The lowest BCUT2D eigenvalue weighted by Gasteiger charge is -2.30. The molecule has 1 saturated heterocycles. The monoisotopic (exact) mass is 198 g/mol. The van der Waals surface area contributed by atoms with Crippen molar-refractivity contribution >= 4 is 11.8 Å². The van der Waals surface area contributed by atoms with Gasteiger partial charge in [-0.15, -0.1) is 11.8 Å². The molecule has 0 bridgehead atoms. The smallest absolute Gasteiger partial charge is 0.0757 e. The highest BCUT2D eigenvalue weighted by atomic mass is 32.2. The number of rotatable bonds is 1. The van der Waals surface area contributed by atoms with Gasteiger partial charge >= 0.3 is 0 Å². The molecule has 13 heavy (non-hydrogen) atoms. The minimum Gasteiger partial charge on any atom is -0.365 e. The van der Waals surface area contributed by atoms with E-state index in [2.05, 4.69) is 29.6 Å². The second-order valence-electron chi connectivity index (χ2n) is 3.93. The highest BCUT2D eigenvalue weighted by Crippen LogP contribution is 2.35. The number of nitrogens with one attached hydrogen (secondary N) is 1. The number of nitrogens with zero attached hydrogens (tertiary/aromatic N) is 1. The van der Waals surface area contributed by atoms with E-state index >= 15 is 0 Å². The summed E-state index contributed by atoms with van der Waals surface area (Å²) in [7, 11) is 2.21. The van der Waals surface area contributed by atoms with Gasteiger partial charge in [-0.25, -0.2) is 0 Å². The van der Waals surface area contributed by atoms with Crippen LogP contribution in [0.2, 0.25) is 0 Å². The van der Waals surface area contributed by atoms with E-state index in [1.807, 2.05) is 11.8 Å². The van der Waals surface area contributed by atoms with Crippen LogP contribution in [0.1, 0.15) is 19.8 Å². The Kier molecular flexibility index (Phi) is 2.84.